The van der Waals surface area contributed by atoms with Crippen molar-refractivity contribution in [2.75, 3.05) is 26.3 Å². The summed E-state index contributed by atoms with van der Waals surface area (Å²) >= 11 is 0. The van der Waals surface area contributed by atoms with Gasteiger partial charge in [0.1, 0.15) is 6.04 Å². The van der Waals surface area contributed by atoms with E-state index < -0.39 is 6.04 Å². The Balaban J connectivity index is 1.53. The van der Waals surface area contributed by atoms with Crippen molar-refractivity contribution in [1.29, 1.82) is 0 Å². The minimum atomic E-state index is -0.400. The zero-order chi connectivity index (χ0) is 20.4. The number of hydrogen-bond acceptors (Lipinski definition) is 4. The number of aryl methyl sites for hydroxylation is 2. The maximum atomic E-state index is 13.4. The summed E-state index contributed by atoms with van der Waals surface area (Å²) < 4.78 is 5.39. The van der Waals surface area contributed by atoms with Crippen molar-refractivity contribution in [2.45, 2.75) is 45.6 Å². The molecule has 2 aromatic rings. The molecule has 3 heterocycles. The van der Waals surface area contributed by atoms with E-state index in [2.05, 4.69) is 16.4 Å². The first kappa shape index (κ1) is 19.8. The second-order valence-electron chi connectivity index (χ2n) is 8.29. The third kappa shape index (κ3) is 4.13. The van der Waals surface area contributed by atoms with E-state index in [9.17, 15) is 9.59 Å². The number of nitrogens with one attached hydrogen (secondary N) is 1. The number of pyridine rings is 1. The molecule has 1 atom stereocenters. The Labute approximate surface area is 171 Å². The van der Waals surface area contributed by atoms with Crippen molar-refractivity contribution in [3.8, 4) is 0 Å². The minimum Gasteiger partial charge on any atom is -0.381 e. The molecule has 0 unspecified atom stereocenters. The van der Waals surface area contributed by atoms with Gasteiger partial charge in [-0.15, -0.1) is 0 Å². The molecule has 0 bridgehead atoms. The van der Waals surface area contributed by atoms with Crippen molar-refractivity contribution in [2.24, 2.45) is 5.92 Å². The van der Waals surface area contributed by atoms with E-state index in [0.29, 0.717) is 36.5 Å². The number of ether oxygens (including phenoxy) is 1. The van der Waals surface area contributed by atoms with Crippen LogP contribution in [-0.2, 0) is 9.53 Å². The fourth-order valence-corrected chi connectivity index (χ4v) is 4.45. The van der Waals surface area contributed by atoms with E-state index in [-0.39, 0.29) is 11.8 Å². The van der Waals surface area contributed by atoms with Crippen LogP contribution in [0.4, 0.5) is 0 Å². The van der Waals surface area contributed by atoms with E-state index in [1.54, 1.807) is 11.1 Å². The van der Waals surface area contributed by atoms with Crippen molar-refractivity contribution in [3.05, 3.63) is 41.1 Å². The van der Waals surface area contributed by atoms with Crippen molar-refractivity contribution in [3.63, 3.8) is 0 Å². The molecule has 4 rings (SSSR count). The number of carbonyl (C=O) groups is 2. The first-order chi connectivity index (χ1) is 14.0. The summed E-state index contributed by atoms with van der Waals surface area (Å²) in [5.41, 5.74) is 3.43. The highest BCUT2D eigenvalue weighted by atomic mass is 16.5. The molecule has 2 fully saturated rings. The molecule has 0 saturated carbocycles. The van der Waals surface area contributed by atoms with Crippen molar-refractivity contribution >= 4 is 22.7 Å². The predicted molar refractivity (Wildman–Crippen MR) is 112 cm³/mol. The Morgan fingerprint density at radius 1 is 1.21 bits per heavy atom. The lowest BCUT2D eigenvalue weighted by molar-refractivity contribution is -0.125. The summed E-state index contributed by atoms with van der Waals surface area (Å²) in [6.45, 7) is 6.82. The molecule has 1 aromatic carbocycles. The molecule has 2 saturated heterocycles. The molecule has 6 nitrogen and oxygen atoms in total. The largest absolute Gasteiger partial charge is 0.381 e. The van der Waals surface area contributed by atoms with Gasteiger partial charge in [0.25, 0.3) is 5.91 Å². The van der Waals surface area contributed by atoms with Gasteiger partial charge in [0.15, 0.2) is 0 Å². The zero-order valence-corrected chi connectivity index (χ0v) is 17.2. The van der Waals surface area contributed by atoms with Crippen LogP contribution >= 0.6 is 0 Å². The van der Waals surface area contributed by atoms with Gasteiger partial charge in [-0.1, -0.05) is 0 Å². The number of fused-ring (bicyclic) bond motifs is 1. The van der Waals surface area contributed by atoms with Crippen molar-refractivity contribution in [1.82, 2.24) is 15.2 Å². The van der Waals surface area contributed by atoms with E-state index in [1.165, 1.54) is 0 Å². The van der Waals surface area contributed by atoms with Gasteiger partial charge in [-0.05, 0) is 74.8 Å². The van der Waals surface area contributed by atoms with E-state index in [1.807, 2.05) is 26.0 Å². The number of amides is 2. The fourth-order valence-electron chi connectivity index (χ4n) is 4.45. The Morgan fingerprint density at radius 3 is 2.79 bits per heavy atom. The SMILES string of the molecule is Cc1cc(C(=O)N2CCC[C@H]2C(=O)NCC2CCOCC2)c2nccc(C)c2c1. The highest BCUT2D eigenvalue weighted by Gasteiger charge is 2.35. The van der Waals surface area contributed by atoms with Gasteiger partial charge in [-0.3, -0.25) is 14.6 Å². The Hall–Kier alpha value is -2.47. The number of hydrogen-bond donors (Lipinski definition) is 1. The lowest BCUT2D eigenvalue weighted by Crippen LogP contribution is -2.47. The molecule has 2 aliphatic rings. The molecule has 29 heavy (non-hydrogen) atoms. The van der Waals surface area contributed by atoms with Crippen LogP contribution in [0, 0.1) is 19.8 Å². The highest BCUT2D eigenvalue weighted by molar-refractivity contribution is 6.07. The summed E-state index contributed by atoms with van der Waals surface area (Å²) in [4.78, 5) is 32.5. The normalized spacial score (nSPS) is 20.2. The van der Waals surface area contributed by atoms with E-state index >= 15 is 0 Å². The van der Waals surface area contributed by atoms with Gasteiger partial charge >= 0.3 is 0 Å². The number of rotatable bonds is 4. The smallest absolute Gasteiger partial charge is 0.256 e. The first-order valence-electron chi connectivity index (χ1n) is 10.6. The number of nitrogens with zero attached hydrogens (tertiary/aromatic N) is 2. The van der Waals surface area contributed by atoms with Gasteiger partial charge in [0, 0.05) is 37.9 Å². The topological polar surface area (TPSA) is 71.5 Å². The van der Waals surface area contributed by atoms with E-state index in [0.717, 1.165) is 49.0 Å². The fraction of sp³-hybridized carbons (Fsp3) is 0.522. The quantitative estimate of drug-likeness (QED) is 0.864. The lowest BCUT2D eigenvalue weighted by atomic mass is 10.00. The molecule has 1 aromatic heterocycles. The highest BCUT2D eigenvalue weighted by Crippen LogP contribution is 2.27. The van der Waals surface area contributed by atoms with Crippen LogP contribution in [0.5, 0.6) is 0 Å². The second-order valence-corrected chi connectivity index (χ2v) is 8.29. The number of likely N-dealkylation sites (tertiary alicyclic amines) is 1. The van der Waals surface area contributed by atoms with Crippen LogP contribution in [0.15, 0.2) is 24.4 Å². The van der Waals surface area contributed by atoms with Crippen LogP contribution in [0.2, 0.25) is 0 Å². The molecule has 1 N–H and O–H groups in total. The van der Waals surface area contributed by atoms with E-state index in [4.69, 9.17) is 4.74 Å². The van der Waals surface area contributed by atoms with Gasteiger partial charge in [-0.25, -0.2) is 0 Å². The van der Waals surface area contributed by atoms with Gasteiger partial charge in [-0.2, -0.15) is 0 Å². The maximum Gasteiger partial charge on any atom is 0.256 e. The summed E-state index contributed by atoms with van der Waals surface area (Å²) in [6.07, 6.45) is 5.26. The zero-order valence-electron chi connectivity index (χ0n) is 17.2. The molecular formula is C23H29N3O3. The number of carbonyl (C=O) groups excluding carboxylic acids is 2. The molecule has 0 radical (unpaired) electrons. The van der Waals surface area contributed by atoms with Crippen LogP contribution in [0.25, 0.3) is 10.9 Å². The average molecular weight is 396 g/mol. The van der Waals surface area contributed by atoms with Crippen LogP contribution < -0.4 is 5.32 Å². The van der Waals surface area contributed by atoms with Gasteiger partial charge in [0.2, 0.25) is 5.91 Å². The van der Waals surface area contributed by atoms with Crippen molar-refractivity contribution < 1.29 is 14.3 Å². The van der Waals surface area contributed by atoms with Crippen LogP contribution in [0.1, 0.15) is 47.2 Å². The molecule has 6 heteroatoms. The molecule has 0 aliphatic carbocycles. The third-order valence-electron chi connectivity index (χ3n) is 6.16. The van der Waals surface area contributed by atoms with Gasteiger partial charge in [0.05, 0.1) is 11.1 Å². The minimum absolute atomic E-state index is 0.0385. The number of benzene rings is 1. The number of aromatic nitrogens is 1. The first-order valence-corrected chi connectivity index (χ1v) is 10.6. The molecular weight excluding hydrogens is 366 g/mol. The van der Waals surface area contributed by atoms with Crippen LogP contribution in [0.3, 0.4) is 0 Å². The third-order valence-corrected chi connectivity index (χ3v) is 6.16. The Morgan fingerprint density at radius 2 is 2.00 bits per heavy atom. The molecule has 2 aliphatic heterocycles. The lowest BCUT2D eigenvalue weighted by Gasteiger charge is -2.27. The summed E-state index contributed by atoms with van der Waals surface area (Å²) in [6, 6.07) is 5.52. The average Bonchev–Trinajstić information content (AvgIpc) is 3.22. The Kier molecular flexibility index (Phi) is 5.81. The maximum absolute atomic E-state index is 13.4. The molecule has 154 valence electrons. The predicted octanol–water partition coefficient (Wildman–Crippen LogP) is 3.00. The standard InChI is InChI=1S/C23H29N3O3/c1-15-12-18-16(2)5-8-24-21(18)19(13-15)23(28)26-9-3-4-20(26)22(27)25-14-17-6-10-29-11-7-17/h5,8,12-13,17,20H,3-4,6-7,9-11,14H2,1-2H3,(H,25,27)/t20-/m0/s1. The monoisotopic (exact) mass is 395 g/mol. The molecule has 0 spiro atoms. The Bertz CT molecular complexity index is 921. The summed E-state index contributed by atoms with van der Waals surface area (Å²) in [5, 5.41) is 4.08. The van der Waals surface area contributed by atoms with Crippen LogP contribution in [-0.4, -0.2) is 54.0 Å². The summed E-state index contributed by atoms with van der Waals surface area (Å²) in [7, 11) is 0. The summed E-state index contributed by atoms with van der Waals surface area (Å²) in [5.74, 6) is 0.329. The second kappa shape index (κ2) is 8.49. The van der Waals surface area contributed by atoms with Gasteiger partial charge < -0.3 is 15.0 Å². The molecule has 2 amide bonds.